The van der Waals surface area contributed by atoms with E-state index in [0.29, 0.717) is 11.4 Å². The second kappa shape index (κ2) is 6.05. The molecule has 3 aromatic rings. The van der Waals surface area contributed by atoms with Crippen molar-refractivity contribution in [1.29, 1.82) is 0 Å². The van der Waals surface area contributed by atoms with Crippen LogP contribution in [-0.4, -0.2) is 13.0 Å². The first kappa shape index (κ1) is 16.1. The molecule has 0 aliphatic carbocycles. The van der Waals surface area contributed by atoms with E-state index in [0.717, 1.165) is 16.7 Å². The van der Waals surface area contributed by atoms with Crippen molar-refractivity contribution >= 4 is 21.4 Å². The topological polar surface area (TPSA) is 77.1 Å². The van der Waals surface area contributed by atoms with Crippen LogP contribution in [0.25, 0.3) is 11.1 Å². The number of hydrogen-bond acceptors (Lipinski definition) is 3. The zero-order chi connectivity index (χ0) is 17.3. The third-order valence-electron chi connectivity index (χ3n) is 3.84. The van der Waals surface area contributed by atoms with Crippen LogP contribution in [0.4, 0.5) is 11.4 Å². The fourth-order valence-electron chi connectivity index (χ4n) is 2.44. The molecule has 3 N–H and O–H groups in total. The van der Waals surface area contributed by atoms with Crippen molar-refractivity contribution in [3.8, 4) is 11.1 Å². The summed E-state index contributed by atoms with van der Waals surface area (Å²) >= 11 is 0. The normalized spacial score (nSPS) is 11.4. The maximum atomic E-state index is 12.6. The first-order valence-corrected chi connectivity index (χ1v) is 8.95. The lowest BCUT2D eigenvalue weighted by atomic mass is 10.1. The van der Waals surface area contributed by atoms with Crippen molar-refractivity contribution in [2.45, 2.75) is 11.8 Å². The SMILES string of the molecule is Cc1ccc(-c2ccn(C)c2)cc1NS(=O)(=O)c1ccc(N)cc1. The number of nitrogen functional groups attached to an aromatic ring is 1. The molecule has 3 rings (SSSR count). The van der Waals surface area contributed by atoms with Gasteiger partial charge in [-0.2, -0.15) is 0 Å². The van der Waals surface area contributed by atoms with Gasteiger partial charge < -0.3 is 10.3 Å². The highest BCUT2D eigenvalue weighted by molar-refractivity contribution is 7.92. The molecule has 1 aromatic heterocycles. The summed E-state index contributed by atoms with van der Waals surface area (Å²) in [5.41, 5.74) is 9.55. The number of aromatic nitrogens is 1. The van der Waals surface area contributed by atoms with Crippen LogP contribution in [0.3, 0.4) is 0 Å². The molecule has 0 unspecified atom stereocenters. The Morgan fingerprint density at radius 2 is 1.71 bits per heavy atom. The number of nitrogens with zero attached hydrogens (tertiary/aromatic N) is 1. The summed E-state index contributed by atoms with van der Waals surface area (Å²) in [6.07, 6.45) is 3.94. The van der Waals surface area contributed by atoms with Crippen LogP contribution in [0.1, 0.15) is 5.56 Å². The highest BCUT2D eigenvalue weighted by Crippen LogP contribution is 2.27. The van der Waals surface area contributed by atoms with E-state index in [2.05, 4.69) is 4.72 Å². The van der Waals surface area contributed by atoms with Crippen LogP contribution in [-0.2, 0) is 17.1 Å². The number of nitrogens with two attached hydrogens (primary N) is 1. The van der Waals surface area contributed by atoms with E-state index >= 15 is 0 Å². The number of rotatable bonds is 4. The van der Waals surface area contributed by atoms with E-state index in [1.807, 2.05) is 55.2 Å². The number of hydrogen-bond donors (Lipinski definition) is 2. The summed E-state index contributed by atoms with van der Waals surface area (Å²) in [4.78, 5) is 0.182. The average molecular weight is 341 g/mol. The maximum Gasteiger partial charge on any atom is 0.261 e. The lowest BCUT2D eigenvalue weighted by Gasteiger charge is -2.12. The van der Waals surface area contributed by atoms with Gasteiger partial charge in [0.1, 0.15) is 0 Å². The first-order valence-electron chi connectivity index (χ1n) is 7.46. The Morgan fingerprint density at radius 3 is 2.33 bits per heavy atom. The van der Waals surface area contributed by atoms with Crippen molar-refractivity contribution in [2.75, 3.05) is 10.5 Å². The van der Waals surface area contributed by atoms with Crippen LogP contribution < -0.4 is 10.5 Å². The maximum absolute atomic E-state index is 12.6. The fourth-order valence-corrected chi connectivity index (χ4v) is 3.56. The molecule has 0 aliphatic rings. The van der Waals surface area contributed by atoms with E-state index in [1.54, 1.807) is 12.1 Å². The molecule has 0 bridgehead atoms. The number of anilines is 2. The third-order valence-corrected chi connectivity index (χ3v) is 5.22. The molecule has 24 heavy (non-hydrogen) atoms. The van der Waals surface area contributed by atoms with Crippen LogP contribution in [0.2, 0.25) is 0 Å². The van der Waals surface area contributed by atoms with Gasteiger partial charge in [-0.25, -0.2) is 8.42 Å². The van der Waals surface area contributed by atoms with Crippen LogP contribution in [0, 0.1) is 6.92 Å². The summed E-state index contributed by atoms with van der Waals surface area (Å²) in [5.74, 6) is 0. The monoisotopic (exact) mass is 341 g/mol. The zero-order valence-electron chi connectivity index (χ0n) is 13.5. The molecule has 0 fully saturated rings. The lowest BCUT2D eigenvalue weighted by Crippen LogP contribution is -2.13. The van der Waals surface area contributed by atoms with Crippen molar-refractivity contribution in [1.82, 2.24) is 4.57 Å². The minimum atomic E-state index is -3.66. The Bertz CT molecular complexity index is 974. The molecular weight excluding hydrogens is 322 g/mol. The minimum Gasteiger partial charge on any atom is -0.399 e. The molecule has 124 valence electrons. The number of nitrogens with one attached hydrogen (secondary N) is 1. The molecule has 0 atom stereocenters. The van der Waals surface area contributed by atoms with Crippen LogP contribution in [0.15, 0.2) is 65.8 Å². The Balaban J connectivity index is 1.96. The number of benzene rings is 2. The van der Waals surface area contributed by atoms with Crippen LogP contribution in [0.5, 0.6) is 0 Å². The Hall–Kier alpha value is -2.73. The quantitative estimate of drug-likeness (QED) is 0.714. The van der Waals surface area contributed by atoms with Crippen molar-refractivity contribution in [2.24, 2.45) is 7.05 Å². The van der Waals surface area contributed by atoms with Gasteiger partial charge in [0.25, 0.3) is 10.0 Å². The molecule has 6 heteroatoms. The summed E-state index contributed by atoms with van der Waals surface area (Å²) < 4.78 is 29.7. The van der Waals surface area contributed by atoms with E-state index in [-0.39, 0.29) is 4.90 Å². The molecular formula is C18H19N3O2S. The van der Waals surface area contributed by atoms with E-state index in [9.17, 15) is 8.42 Å². The standard InChI is InChI=1S/C18H19N3O2S/c1-13-3-4-14(15-9-10-21(2)12-15)11-18(13)20-24(22,23)17-7-5-16(19)6-8-17/h3-12,20H,19H2,1-2H3. The second-order valence-corrected chi connectivity index (χ2v) is 7.45. The zero-order valence-corrected chi connectivity index (χ0v) is 14.3. The minimum absolute atomic E-state index is 0.182. The molecule has 0 saturated heterocycles. The number of sulfonamides is 1. The van der Waals surface area contributed by atoms with Crippen molar-refractivity contribution < 1.29 is 8.42 Å². The van der Waals surface area contributed by atoms with Gasteiger partial charge in [0, 0.05) is 25.1 Å². The Labute approximate surface area is 141 Å². The molecule has 0 spiro atoms. The van der Waals surface area contributed by atoms with Crippen molar-refractivity contribution in [3.05, 3.63) is 66.5 Å². The lowest BCUT2D eigenvalue weighted by molar-refractivity contribution is 0.601. The molecule has 1 heterocycles. The molecule has 0 amide bonds. The number of aryl methyl sites for hydroxylation is 2. The van der Waals surface area contributed by atoms with Gasteiger partial charge in [-0.05, 0) is 60.0 Å². The van der Waals surface area contributed by atoms with Gasteiger partial charge in [-0.3, -0.25) is 4.72 Å². The summed E-state index contributed by atoms with van der Waals surface area (Å²) in [5, 5.41) is 0. The molecule has 5 nitrogen and oxygen atoms in total. The summed E-state index contributed by atoms with van der Waals surface area (Å²) in [7, 11) is -1.71. The van der Waals surface area contributed by atoms with E-state index in [1.165, 1.54) is 12.1 Å². The van der Waals surface area contributed by atoms with Gasteiger partial charge >= 0.3 is 0 Å². The first-order chi connectivity index (χ1) is 11.3. The predicted octanol–water partition coefficient (Wildman–Crippen LogP) is 3.38. The van der Waals surface area contributed by atoms with Gasteiger partial charge in [0.2, 0.25) is 0 Å². The van der Waals surface area contributed by atoms with Gasteiger partial charge in [-0.15, -0.1) is 0 Å². The molecule has 0 saturated carbocycles. The van der Waals surface area contributed by atoms with Gasteiger partial charge in [0.05, 0.1) is 10.6 Å². The van der Waals surface area contributed by atoms with E-state index in [4.69, 9.17) is 5.73 Å². The highest BCUT2D eigenvalue weighted by atomic mass is 32.2. The van der Waals surface area contributed by atoms with Crippen molar-refractivity contribution in [3.63, 3.8) is 0 Å². The van der Waals surface area contributed by atoms with E-state index < -0.39 is 10.0 Å². The third kappa shape index (κ3) is 3.28. The van der Waals surface area contributed by atoms with Crippen LogP contribution >= 0.6 is 0 Å². The summed E-state index contributed by atoms with van der Waals surface area (Å²) in [6, 6.07) is 13.9. The molecule has 0 aliphatic heterocycles. The summed E-state index contributed by atoms with van der Waals surface area (Å²) in [6.45, 7) is 1.87. The average Bonchev–Trinajstić information content (AvgIpc) is 2.96. The highest BCUT2D eigenvalue weighted by Gasteiger charge is 2.15. The largest absolute Gasteiger partial charge is 0.399 e. The van der Waals surface area contributed by atoms with Gasteiger partial charge in [0.15, 0.2) is 0 Å². The smallest absolute Gasteiger partial charge is 0.261 e. The predicted molar refractivity (Wildman–Crippen MR) is 97.2 cm³/mol. The fraction of sp³-hybridized carbons (Fsp3) is 0.111. The molecule has 2 aromatic carbocycles. The molecule has 0 radical (unpaired) electrons. The van der Waals surface area contributed by atoms with Gasteiger partial charge in [-0.1, -0.05) is 12.1 Å². The Kier molecular flexibility index (Phi) is 4.07. The Morgan fingerprint density at radius 1 is 1.00 bits per heavy atom. The second-order valence-electron chi connectivity index (χ2n) is 5.77.